The minimum Gasteiger partial charge on any atom is -0.481 e. The average molecular weight is 259 g/mol. The van der Waals surface area contributed by atoms with E-state index in [-0.39, 0.29) is 18.9 Å². The van der Waals surface area contributed by atoms with Gasteiger partial charge in [0.15, 0.2) is 0 Å². The molecule has 1 heterocycles. The normalized spacial score (nSPS) is 15.2. The maximum atomic E-state index is 11.9. The Balaban J connectivity index is 2.38. The lowest BCUT2D eigenvalue weighted by molar-refractivity contribution is -0.137. The topological polar surface area (TPSA) is 93.4 Å². The fourth-order valence-corrected chi connectivity index (χ4v) is 2.17. The standard InChI is InChI=1S/C13H13N3O3/c1-8(4-13(18)19)16-11-3-2-9(6-14)5-10(11)15-7-12(16)17/h2-3,5,8,15H,4,7H2,1H3,(H,18,19). The van der Waals surface area contributed by atoms with Crippen LogP contribution in [0.25, 0.3) is 0 Å². The predicted octanol–water partition coefficient (Wildman–Crippen LogP) is 1.18. The van der Waals surface area contributed by atoms with Gasteiger partial charge >= 0.3 is 5.97 Å². The summed E-state index contributed by atoms with van der Waals surface area (Å²) in [6.07, 6.45) is -0.120. The Morgan fingerprint density at radius 1 is 1.63 bits per heavy atom. The van der Waals surface area contributed by atoms with Gasteiger partial charge in [-0.05, 0) is 25.1 Å². The molecule has 2 rings (SSSR count). The van der Waals surface area contributed by atoms with Crippen LogP contribution in [0.3, 0.4) is 0 Å². The highest BCUT2D eigenvalue weighted by atomic mass is 16.4. The SMILES string of the molecule is CC(CC(=O)O)N1C(=O)CNc2cc(C#N)ccc21. The molecular weight excluding hydrogens is 246 g/mol. The number of carboxylic acid groups (broad SMARTS) is 1. The quantitative estimate of drug-likeness (QED) is 0.850. The number of nitrogens with one attached hydrogen (secondary N) is 1. The molecule has 0 saturated heterocycles. The van der Waals surface area contributed by atoms with Gasteiger partial charge in [-0.2, -0.15) is 5.26 Å². The second kappa shape index (κ2) is 4.98. The molecule has 0 fully saturated rings. The van der Waals surface area contributed by atoms with Gasteiger partial charge in [0.2, 0.25) is 5.91 Å². The number of anilines is 2. The Bertz CT molecular complexity index is 577. The van der Waals surface area contributed by atoms with Crippen LogP contribution in [0.2, 0.25) is 0 Å². The van der Waals surface area contributed by atoms with Crippen molar-refractivity contribution in [2.45, 2.75) is 19.4 Å². The Morgan fingerprint density at radius 3 is 3.00 bits per heavy atom. The summed E-state index contributed by atoms with van der Waals surface area (Å²) in [4.78, 5) is 24.2. The van der Waals surface area contributed by atoms with E-state index in [1.165, 1.54) is 4.90 Å². The Kier molecular flexibility index (Phi) is 3.38. The molecule has 0 saturated carbocycles. The maximum Gasteiger partial charge on any atom is 0.305 e. The molecule has 1 atom stereocenters. The third kappa shape index (κ3) is 2.50. The number of nitriles is 1. The molecule has 6 nitrogen and oxygen atoms in total. The summed E-state index contributed by atoms with van der Waals surface area (Å²) >= 11 is 0. The number of hydrogen-bond acceptors (Lipinski definition) is 4. The van der Waals surface area contributed by atoms with Crippen molar-refractivity contribution in [2.75, 3.05) is 16.8 Å². The first-order chi connectivity index (χ1) is 9.02. The monoisotopic (exact) mass is 259 g/mol. The van der Waals surface area contributed by atoms with Crippen LogP contribution >= 0.6 is 0 Å². The summed E-state index contributed by atoms with van der Waals surface area (Å²) in [6, 6.07) is 6.52. The largest absolute Gasteiger partial charge is 0.481 e. The summed E-state index contributed by atoms with van der Waals surface area (Å²) in [5.41, 5.74) is 1.78. The van der Waals surface area contributed by atoms with E-state index in [9.17, 15) is 9.59 Å². The van der Waals surface area contributed by atoms with Gasteiger partial charge in [0.1, 0.15) is 0 Å². The summed E-state index contributed by atoms with van der Waals surface area (Å²) in [7, 11) is 0. The van der Waals surface area contributed by atoms with Crippen molar-refractivity contribution in [3.8, 4) is 6.07 Å². The summed E-state index contributed by atoms with van der Waals surface area (Å²) in [6.45, 7) is 1.80. The van der Waals surface area contributed by atoms with Gasteiger partial charge in [0, 0.05) is 6.04 Å². The van der Waals surface area contributed by atoms with E-state index in [0.29, 0.717) is 16.9 Å². The number of carbonyl (C=O) groups excluding carboxylic acids is 1. The van der Waals surface area contributed by atoms with Crippen molar-refractivity contribution in [3.63, 3.8) is 0 Å². The minimum atomic E-state index is -0.950. The fourth-order valence-electron chi connectivity index (χ4n) is 2.17. The van der Waals surface area contributed by atoms with Crippen LogP contribution in [-0.2, 0) is 9.59 Å². The van der Waals surface area contributed by atoms with E-state index < -0.39 is 12.0 Å². The third-order valence-electron chi connectivity index (χ3n) is 2.99. The maximum absolute atomic E-state index is 11.9. The number of carbonyl (C=O) groups is 2. The van der Waals surface area contributed by atoms with Crippen LogP contribution in [0.1, 0.15) is 18.9 Å². The molecule has 1 aliphatic rings. The van der Waals surface area contributed by atoms with Crippen LogP contribution in [0, 0.1) is 11.3 Å². The fraction of sp³-hybridized carbons (Fsp3) is 0.308. The molecule has 19 heavy (non-hydrogen) atoms. The van der Waals surface area contributed by atoms with Crippen LogP contribution in [0.15, 0.2) is 18.2 Å². The Hall–Kier alpha value is -2.55. The molecule has 0 radical (unpaired) electrons. The molecule has 0 bridgehead atoms. The summed E-state index contributed by atoms with van der Waals surface area (Å²) in [5, 5.41) is 20.6. The zero-order valence-corrected chi connectivity index (χ0v) is 10.4. The number of hydrogen-bond donors (Lipinski definition) is 2. The van der Waals surface area contributed by atoms with Gasteiger partial charge in [-0.3, -0.25) is 9.59 Å². The first kappa shape index (κ1) is 12.9. The van der Waals surface area contributed by atoms with E-state index in [1.807, 2.05) is 6.07 Å². The van der Waals surface area contributed by atoms with Crippen molar-refractivity contribution in [1.29, 1.82) is 5.26 Å². The van der Waals surface area contributed by atoms with Gasteiger partial charge in [0.25, 0.3) is 0 Å². The zero-order valence-electron chi connectivity index (χ0n) is 10.4. The van der Waals surface area contributed by atoms with E-state index >= 15 is 0 Å². The molecule has 0 aromatic heterocycles. The second-order valence-corrected chi connectivity index (χ2v) is 4.41. The summed E-state index contributed by atoms with van der Waals surface area (Å²) in [5.74, 6) is -1.13. The van der Waals surface area contributed by atoms with Gasteiger partial charge in [-0.25, -0.2) is 0 Å². The van der Waals surface area contributed by atoms with Gasteiger partial charge in [0.05, 0.1) is 36.0 Å². The summed E-state index contributed by atoms with van der Waals surface area (Å²) < 4.78 is 0. The van der Waals surface area contributed by atoms with Crippen molar-refractivity contribution in [2.24, 2.45) is 0 Å². The van der Waals surface area contributed by atoms with Crippen LogP contribution in [0.5, 0.6) is 0 Å². The number of carboxylic acids is 1. The second-order valence-electron chi connectivity index (χ2n) is 4.41. The predicted molar refractivity (Wildman–Crippen MR) is 68.8 cm³/mol. The smallest absolute Gasteiger partial charge is 0.305 e. The van der Waals surface area contributed by atoms with Crippen LogP contribution in [-0.4, -0.2) is 29.6 Å². The van der Waals surface area contributed by atoms with Crippen LogP contribution < -0.4 is 10.2 Å². The van der Waals surface area contributed by atoms with Gasteiger partial charge in [-0.1, -0.05) is 0 Å². The number of amides is 1. The molecule has 1 amide bonds. The Morgan fingerprint density at radius 2 is 2.37 bits per heavy atom. The first-order valence-electron chi connectivity index (χ1n) is 5.85. The molecule has 1 aromatic carbocycles. The molecule has 1 unspecified atom stereocenters. The molecule has 1 aliphatic heterocycles. The van der Waals surface area contributed by atoms with Crippen molar-refractivity contribution < 1.29 is 14.7 Å². The molecule has 2 N–H and O–H groups in total. The highest BCUT2D eigenvalue weighted by Gasteiger charge is 2.29. The number of fused-ring (bicyclic) bond motifs is 1. The molecular formula is C13H13N3O3. The zero-order chi connectivity index (χ0) is 14.0. The van der Waals surface area contributed by atoms with E-state index in [1.54, 1.807) is 25.1 Å². The van der Waals surface area contributed by atoms with Crippen LogP contribution in [0.4, 0.5) is 11.4 Å². The van der Waals surface area contributed by atoms with Crippen molar-refractivity contribution in [3.05, 3.63) is 23.8 Å². The average Bonchev–Trinajstić information content (AvgIpc) is 2.37. The van der Waals surface area contributed by atoms with Crippen molar-refractivity contribution >= 4 is 23.3 Å². The highest BCUT2D eigenvalue weighted by molar-refractivity contribution is 6.03. The molecule has 0 spiro atoms. The molecule has 6 heteroatoms. The lowest BCUT2D eigenvalue weighted by Crippen LogP contribution is -2.46. The van der Waals surface area contributed by atoms with Gasteiger partial charge < -0.3 is 15.3 Å². The van der Waals surface area contributed by atoms with E-state index in [2.05, 4.69) is 5.32 Å². The number of nitrogens with zero attached hydrogens (tertiary/aromatic N) is 2. The third-order valence-corrected chi connectivity index (χ3v) is 2.99. The molecule has 98 valence electrons. The Labute approximate surface area is 110 Å². The first-order valence-corrected chi connectivity index (χ1v) is 5.85. The minimum absolute atomic E-state index is 0.103. The number of rotatable bonds is 3. The molecule has 1 aromatic rings. The van der Waals surface area contributed by atoms with E-state index in [0.717, 1.165) is 0 Å². The lowest BCUT2D eigenvalue weighted by Gasteiger charge is -2.34. The molecule has 0 aliphatic carbocycles. The van der Waals surface area contributed by atoms with Crippen molar-refractivity contribution in [1.82, 2.24) is 0 Å². The highest BCUT2D eigenvalue weighted by Crippen LogP contribution is 2.32. The number of benzene rings is 1. The lowest BCUT2D eigenvalue weighted by atomic mass is 10.1. The number of aliphatic carboxylic acids is 1. The van der Waals surface area contributed by atoms with E-state index in [4.69, 9.17) is 10.4 Å². The van der Waals surface area contributed by atoms with Gasteiger partial charge in [-0.15, -0.1) is 0 Å².